The first-order valence-corrected chi connectivity index (χ1v) is 7.09. The Hall–Kier alpha value is -1.11. The Balaban J connectivity index is 1.93. The Morgan fingerprint density at radius 3 is 2.94 bits per heavy atom. The van der Waals surface area contributed by atoms with E-state index < -0.39 is 0 Å². The Labute approximate surface area is 103 Å². The van der Waals surface area contributed by atoms with Gasteiger partial charge in [0.1, 0.15) is 0 Å². The minimum absolute atomic E-state index is 0.368. The second kappa shape index (κ2) is 3.44. The van der Waals surface area contributed by atoms with Crippen molar-refractivity contribution in [3.63, 3.8) is 0 Å². The summed E-state index contributed by atoms with van der Waals surface area (Å²) in [5, 5.41) is 0. The largest absolute Gasteiger partial charge is 0.257 e. The number of rotatable bonds is 0. The number of para-hydroxylation sites is 1. The zero-order chi connectivity index (χ0) is 11.3. The average Bonchev–Trinajstić information content (AvgIpc) is 2.71. The quantitative estimate of drug-likeness (QED) is 0.621. The van der Waals surface area contributed by atoms with Gasteiger partial charge in [0.2, 0.25) is 0 Å². The molecule has 1 nitrogen and oxygen atoms in total. The molecule has 4 rings (SSSR count). The number of nitrogens with zero attached hydrogens (tertiary/aromatic N) is 1. The van der Waals surface area contributed by atoms with Gasteiger partial charge >= 0.3 is 0 Å². The molecule has 0 aromatic heterocycles. The Morgan fingerprint density at radius 1 is 1.06 bits per heavy atom. The molecule has 2 fully saturated rings. The van der Waals surface area contributed by atoms with Gasteiger partial charge in [0.05, 0.1) is 5.69 Å². The molecule has 0 N–H and O–H groups in total. The minimum Gasteiger partial charge on any atom is -0.257 e. The van der Waals surface area contributed by atoms with E-state index in [1.54, 1.807) is 5.56 Å². The van der Waals surface area contributed by atoms with E-state index in [2.05, 4.69) is 24.3 Å². The first-order valence-electron chi connectivity index (χ1n) is 7.09. The third-order valence-electron chi connectivity index (χ3n) is 5.19. The Bertz CT molecular complexity index is 486. The molecule has 1 heteroatoms. The van der Waals surface area contributed by atoms with Crippen LogP contribution in [0.15, 0.2) is 29.3 Å². The summed E-state index contributed by atoms with van der Waals surface area (Å²) in [6, 6.07) is 8.89. The van der Waals surface area contributed by atoms with Gasteiger partial charge in [-0.1, -0.05) is 31.0 Å². The maximum atomic E-state index is 4.97. The van der Waals surface area contributed by atoms with Crippen molar-refractivity contribution < 1.29 is 0 Å². The van der Waals surface area contributed by atoms with Crippen LogP contribution in [-0.4, -0.2) is 5.71 Å². The lowest BCUT2D eigenvalue weighted by atomic mass is 9.56. The van der Waals surface area contributed by atoms with E-state index in [0.717, 1.165) is 5.92 Å². The molecule has 0 radical (unpaired) electrons. The SMILES string of the molecule is c1ccc2c(c1)N=C1CCCC3CCCCC123. The summed E-state index contributed by atoms with van der Waals surface area (Å²) >= 11 is 0. The zero-order valence-electron chi connectivity index (χ0n) is 10.3. The van der Waals surface area contributed by atoms with Crippen molar-refractivity contribution in [2.75, 3.05) is 0 Å². The molecule has 17 heavy (non-hydrogen) atoms. The lowest BCUT2D eigenvalue weighted by molar-refractivity contribution is 0.221. The van der Waals surface area contributed by atoms with Gasteiger partial charge in [0.25, 0.3) is 0 Å². The molecular weight excluding hydrogens is 206 g/mol. The van der Waals surface area contributed by atoms with Crippen LogP contribution in [0.1, 0.15) is 50.5 Å². The Kier molecular flexibility index (Phi) is 2.00. The van der Waals surface area contributed by atoms with Gasteiger partial charge < -0.3 is 0 Å². The molecule has 2 aliphatic carbocycles. The first kappa shape index (κ1) is 9.87. The number of hydrogen-bond donors (Lipinski definition) is 0. The van der Waals surface area contributed by atoms with Crippen LogP contribution in [0.2, 0.25) is 0 Å². The molecule has 0 bridgehead atoms. The second-order valence-electron chi connectivity index (χ2n) is 5.88. The molecule has 1 spiro atoms. The lowest BCUT2D eigenvalue weighted by Gasteiger charge is -2.46. The highest BCUT2D eigenvalue weighted by atomic mass is 14.8. The van der Waals surface area contributed by atoms with Gasteiger partial charge in [-0.15, -0.1) is 0 Å². The molecule has 2 atom stereocenters. The van der Waals surface area contributed by atoms with Crippen LogP contribution in [0.4, 0.5) is 5.69 Å². The van der Waals surface area contributed by atoms with E-state index in [0.29, 0.717) is 5.41 Å². The van der Waals surface area contributed by atoms with Crippen LogP contribution in [-0.2, 0) is 5.41 Å². The van der Waals surface area contributed by atoms with Crippen LogP contribution in [0.25, 0.3) is 0 Å². The molecule has 1 aromatic carbocycles. The van der Waals surface area contributed by atoms with E-state index >= 15 is 0 Å². The fraction of sp³-hybridized carbons (Fsp3) is 0.562. The molecule has 2 unspecified atom stereocenters. The smallest absolute Gasteiger partial charge is 0.0671 e. The number of benzene rings is 1. The summed E-state index contributed by atoms with van der Waals surface area (Å²) in [7, 11) is 0. The summed E-state index contributed by atoms with van der Waals surface area (Å²) in [6.07, 6.45) is 9.63. The highest BCUT2D eigenvalue weighted by Gasteiger charge is 2.51. The minimum atomic E-state index is 0.368. The summed E-state index contributed by atoms with van der Waals surface area (Å²) in [6.45, 7) is 0. The van der Waals surface area contributed by atoms with Crippen LogP contribution in [0.5, 0.6) is 0 Å². The summed E-state index contributed by atoms with van der Waals surface area (Å²) in [5.41, 5.74) is 4.72. The monoisotopic (exact) mass is 225 g/mol. The fourth-order valence-electron chi connectivity index (χ4n) is 4.51. The molecule has 0 saturated heterocycles. The maximum absolute atomic E-state index is 4.97. The normalized spacial score (nSPS) is 34.6. The first-order chi connectivity index (χ1) is 8.41. The highest BCUT2D eigenvalue weighted by molar-refractivity contribution is 6.02. The van der Waals surface area contributed by atoms with E-state index in [9.17, 15) is 0 Å². The fourth-order valence-corrected chi connectivity index (χ4v) is 4.51. The van der Waals surface area contributed by atoms with Crippen LogP contribution in [0, 0.1) is 5.92 Å². The average molecular weight is 225 g/mol. The molecule has 3 aliphatic rings. The van der Waals surface area contributed by atoms with Crippen molar-refractivity contribution in [2.45, 2.75) is 50.4 Å². The van der Waals surface area contributed by atoms with Gasteiger partial charge in [0, 0.05) is 11.1 Å². The molecule has 1 aliphatic heterocycles. The van der Waals surface area contributed by atoms with Crippen LogP contribution >= 0.6 is 0 Å². The van der Waals surface area contributed by atoms with Crippen molar-refractivity contribution in [1.82, 2.24) is 0 Å². The third-order valence-corrected chi connectivity index (χ3v) is 5.19. The van der Waals surface area contributed by atoms with Crippen molar-refractivity contribution in [3.8, 4) is 0 Å². The standard InChI is InChI=1S/C16H19N/c1-2-9-14-13(8-1)16-11-4-3-6-12(16)7-5-10-15(16)17-14/h1-2,8-9,12H,3-7,10-11H2. The summed E-state index contributed by atoms with van der Waals surface area (Å²) < 4.78 is 0. The third kappa shape index (κ3) is 1.17. The predicted octanol–water partition coefficient (Wildman–Crippen LogP) is 4.38. The van der Waals surface area contributed by atoms with Gasteiger partial charge in [-0.3, -0.25) is 4.99 Å². The van der Waals surface area contributed by atoms with Crippen molar-refractivity contribution >= 4 is 11.4 Å². The molecule has 0 amide bonds. The van der Waals surface area contributed by atoms with Gasteiger partial charge in [-0.25, -0.2) is 0 Å². The van der Waals surface area contributed by atoms with E-state index in [1.165, 1.54) is 56.3 Å². The topological polar surface area (TPSA) is 12.4 Å². The maximum Gasteiger partial charge on any atom is 0.0671 e. The van der Waals surface area contributed by atoms with Gasteiger partial charge in [-0.2, -0.15) is 0 Å². The highest BCUT2D eigenvalue weighted by Crippen LogP contribution is 2.56. The van der Waals surface area contributed by atoms with Crippen molar-refractivity contribution in [2.24, 2.45) is 10.9 Å². The molecule has 88 valence electrons. The lowest BCUT2D eigenvalue weighted by Crippen LogP contribution is -2.45. The second-order valence-corrected chi connectivity index (χ2v) is 5.88. The number of fused-ring (bicyclic) bond motifs is 1. The van der Waals surface area contributed by atoms with E-state index in [-0.39, 0.29) is 0 Å². The van der Waals surface area contributed by atoms with Gasteiger partial charge in [-0.05, 0) is 49.7 Å². The van der Waals surface area contributed by atoms with E-state index in [4.69, 9.17) is 4.99 Å². The molecule has 1 heterocycles. The van der Waals surface area contributed by atoms with Crippen LogP contribution in [0.3, 0.4) is 0 Å². The zero-order valence-corrected chi connectivity index (χ0v) is 10.3. The summed E-state index contributed by atoms with van der Waals surface area (Å²) in [4.78, 5) is 4.97. The van der Waals surface area contributed by atoms with Crippen molar-refractivity contribution in [1.29, 1.82) is 0 Å². The molecular formula is C16H19N. The summed E-state index contributed by atoms with van der Waals surface area (Å²) in [5.74, 6) is 0.882. The number of aliphatic imine (C=N–C) groups is 1. The van der Waals surface area contributed by atoms with Crippen LogP contribution < -0.4 is 0 Å². The number of hydrogen-bond acceptors (Lipinski definition) is 1. The molecule has 2 saturated carbocycles. The van der Waals surface area contributed by atoms with E-state index in [1.807, 2.05) is 0 Å². The molecule has 1 aromatic rings. The van der Waals surface area contributed by atoms with Gasteiger partial charge in [0.15, 0.2) is 0 Å². The predicted molar refractivity (Wildman–Crippen MR) is 71.0 cm³/mol. The van der Waals surface area contributed by atoms with Crippen molar-refractivity contribution in [3.05, 3.63) is 29.8 Å². The Morgan fingerprint density at radius 2 is 1.94 bits per heavy atom.